The lowest BCUT2D eigenvalue weighted by Gasteiger charge is -2.13. The zero-order valence-electron chi connectivity index (χ0n) is 13.5. The number of hydrogen-bond donors (Lipinski definition) is 0. The molecule has 0 aromatic carbocycles. The largest absolute Gasteiger partial charge is 0.0853 e. The van der Waals surface area contributed by atoms with Crippen LogP contribution in [0.2, 0.25) is 0 Å². The molecular formula is C20H34. The average molecular weight is 274 g/mol. The van der Waals surface area contributed by atoms with E-state index >= 15 is 0 Å². The highest BCUT2D eigenvalue weighted by Gasteiger charge is 2.04. The van der Waals surface area contributed by atoms with E-state index in [2.05, 4.69) is 12.2 Å². The highest BCUT2D eigenvalue weighted by molar-refractivity contribution is 5.05. The molecule has 0 aromatic heterocycles. The predicted octanol–water partition coefficient (Wildman–Crippen LogP) is 7.11. The topological polar surface area (TPSA) is 0 Å². The van der Waals surface area contributed by atoms with Crippen molar-refractivity contribution in [1.29, 1.82) is 0 Å². The summed E-state index contributed by atoms with van der Waals surface area (Å²) in [6.45, 7) is 0. The molecule has 2 aliphatic carbocycles. The van der Waals surface area contributed by atoms with Gasteiger partial charge in [-0.3, -0.25) is 0 Å². The van der Waals surface area contributed by atoms with Crippen LogP contribution in [0, 0.1) is 0 Å². The first-order valence-electron chi connectivity index (χ1n) is 9.31. The molecule has 2 aliphatic rings. The molecule has 0 N–H and O–H groups in total. The first-order valence-corrected chi connectivity index (χ1v) is 9.31. The Morgan fingerprint density at radius 1 is 0.550 bits per heavy atom. The van der Waals surface area contributed by atoms with Gasteiger partial charge in [-0.25, -0.2) is 0 Å². The molecule has 0 aliphatic heterocycles. The number of allylic oxidation sites excluding steroid dienone is 4. The summed E-state index contributed by atoms with van der Waals surface area (Å²) < 4.78 is 0. The second-order valence-corrected chi connectivity index (χ2v) is 6.84. The smallest absolute Gasteiger partial charge is 0.0320 e. The third-order valence-corrected chi connectivity index (χ3v) is 5.02. The monoisotopic (exact) mass is 274 g/mol. The molecule has 0 bridgehead atoms. The summed E-state index contributed by atoms with van der Waals surface area (Å²) in [7, 11) is 0. The van der Waals surface area contributed by atoms with E-state index in [1.807, 2.05) is 0 Å². The van der Waals surface area contributed by atoms with Gasteiger partial charge >= 0.3 is 0 Å². The lowest BCUT2D eigenvalue weighted by atomic mass is 9.93. The molecule has 0 amide bonds. The van der Waals surface area contributed by atoms with Gasteiger partial charge in [0.15, 0.2) is 0 Å². The Bertz CT molecular complexity index is 276. The van der Waals surface area contributed by atoms with Crippen LogP contribution in [0.3, 0.4) is 0 Å². The molecule has 0 saturated heterocycles. The van der Waals surface area contributed by atoms with Crippen LogP contribution in [0.1, 0.15) is 103 Å². The summed E-state index contributed by atoms with van der Waals surface area (Å²) in [6, 6.07) is 0. The zero-order valence-corrected chi connectivity index (χ0v) is 13.5. The first kappa shape index (κ1) is 15.9. The Kier molecular flexibility index (Phi) is 8.12. The van der Waals surface area contributed by atoms with Crippen molar-refractivity contribution >= 4 is 0 Å². The van der Waals surface area contributed by atoms with Crippen LogP contribution >= 0.6 is 0 Å². The van der Waals surface area contributed by atoms with Crippen LogP contribution in [0.25, 0.3) is 0 Å². The van der Waals surface area contributed by atoms with Crippen LogP contribution < -0.4 is 0 Å². The van der Waals surface area contributed by atoms with Gasteiger partial charge in [-0.05, 0) is 77.0 Å². The lowest BCUT2D eigenvalue weighted by Crippen LogP contribution is -1.93. The molecule has 0 unspecified atom stereocenters. The fraction of sp³-hybridized carbons (Fsp3) is 0.800. The van der Waals surface area contributed by atoms with Crippen LogP contribution in [0.15, 0.2) is 23.3 Å². The second kappa shape index (κ2) is 10.2. The Hall–Kier alpha value is -0.520. The van der Waals surface area contributed by atoms with Crippen molar-refractivity contribution < 1.29 is 0 Å². The highest BCUT2D eigenvalue weighted by Crippen LogP contribution is 2.24. The summed E-state index contributed by atoms with van der Waals surface area (Å²) in [5, 5.41) is 0. The first-order chi connectivity index (χ1) is 9.95. The van der Waals surface area contributed by atoms with Crippen LogP contribution in [0.5, 0.6) is 0 Å². The third kappa shape index (κ3) is 6.77. The van der Waals surface area contributed by atoms with Gasteiger partial charge in [-0.15, -0.1) is 0 Å². The Morgan fingerprint density at radius 2 is 1.00 bits per heavy atom. The maximum atomic E-state index is 2.56. The van der Waals surface area contributed by atoms with Crippen molar-refractivity contribution in [2.75, 3.05) is 0 Å². The Morgan fingerprint density at radius 3 is 1.50 bits per heavy atom. The summed E-state index contributed by atoms with van der Waals surface area (Å²) in [6.07, 6.45) is 27.8. The molecule has 0 spiro atoms. The Labute approximate surface area is 126 Å². The fourth-order valence-electron chi connectivity index (χ4n) is 3.67. The van der Waals surface area contributed by atoms with E-state index in [9.17, 15) is 0 Å². The molecule has 0 heterocycles. The maximum Gasteiger partial charge on any atom is -0.0320 e. The van der Waals surface area contributed by atoms with Crippen molar-refractivity contribution in [1.82, 2.24) is 0 Å². The lowest BCUT2D eigenvalue weighted by molar-refractivity contribution is 0.590. The van der Waals surface area contributed by atoms with Gasteiger partial charge in [0.1, 0.15) is 0 Å². The predicted molar refractivity (Wildman–Crippen MR) is 90.0 cm³/mol. The maximum absolute atomic E-state index is 2.56. The van der Waals surface area contributed by atoms with Crippen molar-refractivity contribution in [2.45, 2.75) is 103 Å². The fourth-order valence-corrected chi connectivity index (χ4v) is 3.67. The van der Waals surface area contributed by atoms with E-state index in [4.69, 9.17) is 0 Å². The minimum atomic E-state index is 1.35. The quantitative estimate of drug-likeness (QED) is 0.370. The van der Waals surface area contributed by atoms with Crippen molar-refractivity contribution in [2.24, 2.45) is 0 Å². The number of rotatable bonds is 5. The molecule has 0 aromatic rings. The van der Waals surface area contributed by atoms with Gasteiger partial charge in [0.2, 0.25) is 0 Å². The molecule has 0 radical (unpaired) electrons. The summed E-state index contributed by atoms with van der Waals surface area (Å²) in [4.78, 5) is 0. The minimum Gasteiger partial charge on any atom is -0.0853 e. The number of unbranched alkanes of at least 4 members (excludes halogenated alkanes) is 1. The third-order valence-electron chi connectivity index (χ3n) is 5.02. The van der Waals surface area contributed by atoms with Gasteiger partial charge in [-0.1, -0.05) is 49.0 Å². The number of hydrogen-bond acceptors (Lipinski definition) is 0. The van der Waals surface area contributed by atoms with Crippen molar-refractivity contribution in [3.63, 3.8) is 0 Å². The van der Waals surface area contributed by atoms with E-state index in [1.165, 1.54) is 103 Å². The normalized spacial score (nSPS) is 22.0. The average Bonchev–Trinajstić information content (AvgIpc) is 2.38. The van der Waals surface area contributed by atoms with Crippen LogP contribution in [0.4, 0.5) is 0 Å². The second-order valence-electron chi connectivity index (χ2n) is 6.84. The SMILES string of the molecule is C1=C(CCCCC2=CCCCCCC2)CCCCCC1. The van der Waals surface area contributed by atoms with E-state index in [0.717, 1.165) is 0 Å². The molecule has 0 atom stereocenters. The highest BCUT2D eigenvalue weighted by atomic mass is 14.1. The summed E-state index contributed by atoms with van der Waals surface area (Å²) in [5.74, 6) is 0. The van der Waals surface area contributed by atoms with Gasteiger partial charge in [0.25, 0.3) is 0 Å². The standard InChI is InChI=1S/C20H34/c1-3-7-13-19(14-8-4-1)17-11-12-18-20-15-9-5-2-6-10-16-20/h13,15H,1-12,14,16-18H2. The molecule has 0 nitrogen and oxygen atoms in total. The van der Waals surface area contributed by atoms with E-state index in [0.29, 0.717) is 0 Å². The zero-order chi connectivity index (χ0) is 13.9. The summed E-state index contributed by atoms with van der Waals surface area (Å²) >= 11 is 0. The van der Waals surface area contributed by atoms with Crippen molar-refractivity contribution in [3.05, 3.63) is 23.3 Å². The van der Waals surface area contributed by atoms with Crippen molar-refractivity contribution in [3.8, 4) is 0 Å². The van der Waals surface area contributed by atoms with Gasteiger partial charge < -0.3 is 0 Å². The van der Waals surface area contributed by atoms with E-state index < -0.39 is 0 Å². The van der Waals surface area contributed by atoms with Gasteiger partial charge in [-0.2, -0.15) is 0 Å². The summed E-state index contributed by atoms with van der Waals surface area (Å²) in [5.41, 5.74) is 3.55. The molecule has 0 fully saturated rings. The van der Waals surface area contributed by atoms with E-state index in [1.54, 1.807) is 11.1 Å². The molecule has 0 saturated carbocycles. The molecule has 2 rings (SSSR count). The van der Waals surface area contributed by atoms with Crippen LogP contribution in [-0.4, -0.2) is 0 Å². The van der Waals surface area contributed by atoms with Gasteiger partial charge in [0.05, 0.1) is 0 Å². The van der Waals surface area contributed by atoms with Gasteiger partial charge in [0, 0.05) is 0 Å². The van der Waals surface area contributed by atoms with Crippen LogP contribution in [-0.2, 0) is 0 Å². The molecule has 0 heteroatoms. The Balaban J connectivity index is 1.62. The van der Waals surface area contributed by atoms with E-state index in [-0.39, 0.29) is 0 Å². The minimum absolute atomic E-state index is 1.35. The molecule has 114 valence electrons. The molecule has 20 heavy (non-hydrogen) atoms. The molecular weight excluding hydrogens is 240 g/mol.